The Morgan fingerprint density at radius 2 is 2.46 bits per heavy atom. The predicted molar refractivity (Wildman–Crippen MR) is 52.9 cm³/mol. The number of aromatic amines is 1. The SMILES string of the molecule is CCCC(C)Nc1cn[nH]c(=O)c1. The monoisotopic (exact) mass is 181 g/mol. The topological polar surface area (TPSA) is 57.8 Å². The highest BCUT2D eigenvalue weighted by Crippen LogP contribution is 2.05. The first kappa shape index (κ1) is 9.77. The Kier molecular flexibility index (Phi) is 3.49. The van der Waals surface area contributed by atoms with E-state index in [1.165, 1.54) is 6.07 Å². The van der Waals surface area contributed by atoms with Gasteiger partial charge < -0.3 is 5.32 Å². The third kappa shape index (κ3) is 3.27. The molecule has 0 aliphatic carbocycles. The van der Waals surface area contributed by atoms with Gasteiger partial charge in [0.05, 0.1) is 11.9 Å². The first-order valence-electron chi connectivity index (χ1n) is 4.53. The molecule has 72 valence electrons. The van der Waals surface area contributed by atoms with Gasteiger partial charge in [-0.05, 0) is 13.3 Å². The molecular formula is C9H15N3O. The minimum atomic E-state index is -0.173. The standard InChI is InChI=1S/C9H15N3O/c1-3-4-7(2)11-8-5-9(13)12-10-6-8/h5-7H,3-4H2,1-2H3,(H2,11,12,13). The predicted octanol–water partition coefficient (Wildman–Crippen LogP) is 1.37. The van der Waals surface area contributed by atoms with Crippen LogP contribution < -0.4 is 10.9 Å². The summed E-state index contributed by atoms with van der Waals surface area (Å²) >= 11 is 0. The highest BCUT2D eigenvalue weighted by molar-refractivity contribution is 5.39. The molecule has 0 radical (unpaired) electrons. The quantitative estimate of drug-likeness (QED) is 0.737. The minimum absolute atomic E-state index is 0.173. The molecule has 0 saturated heterocycles. The lowest BCUT2D eigenvalue weighted by atomic mass is 10.2. The van der Waals surface area contributed by atoms with Crippen LogP contribution in [0.1, 0.15) is 26.7 Å². The van der Waals surface area contributed by atoms with Crippen molar-refractivity contribution >= 4 is 5.69 Å². The molecule has 1 unspecified atom stereocenters. The van der Waals surface area contributed by atoms with Crippen molar-refractivity contribution in [3.8, 4) is 0 Å². The van der Waals surface area contributed by atoms with E-state index in [-0.39, 0.29) is 5.56 Å². The van der Waals surface area contributed by atoms with Crippen molar-refractivity contribution in [2.75, 3.05) is 5.32 Å². The van der Waals surface area contributed by atoms with Gasteiger partial charge in [-0.3, -0.25) is 4.79 Å². The molecule has 0 aliphatic heterocycles. The summed E-state index contributed by atoms with van der Waals surface area (Å²) in [7, 11) is 0. The lowest BCUT2D eigenvalue weighted by molar-refractivity contribution is 0.689. The number of rotatable bonds is 4. The lowest BCUT2D eigenvalue weighted by Crippen LogP contribution is -2.17. The number of H-pyrrole nitrogens is 1. The molecule has 2 N–H and O–H groups in total. The summed E-state index contributed by atoms with van der Waals surface area (Å²) in [6.07, 6.45) is 3.84. The van der Waals surface area contributed by atoms with Crippen LogP contribution in [0.2, 0.25) is 0 Å². The maximum absolute atomic E-state index is 10.9. The molecular weight excluding hydrogens is 166 g/mol. The third-order valence-corrected chi connectivity index (χ3v) is 1.80. The summed E-state index contributed by atoms with van der Waals surface area (Å²) in [4.78, 5) is 10.9. The Hall–Kier alpha value is -1.32. The minimum Gasteiger partial charge on any atom is -0.381 e. The molecule has 0 amide bonds. The zero-order valence-electron chi connectivity index (χ0n) is 8.00. The zero-order chi connectivity index (χ0) is 9.68. The van der Waals surface area contributed by atoms with Crippen molar-refractivity contribution in [1.29, 1.82) is 0 Å². The van der Waals surface area contributed by atoms with Crippen molar-refractivity contribution in [2.45, 2.75) is 32.7 Å². The Labute approximate surface area is 77.4 Å². The molecule has 1 heterocycles. The molecule has 0 saturated carbocycles. The Balaban J connectivity index is 2.58. The Morgan fingerprint density at radius 1 is 1.69 bits per heavy atom. The van der Waals surface area contributed by atoms with Crippen molar-refractivity contribution in [3.63, 3.8) is 0 Å². The van der Waals surface area contributed by atoms with Gasteiger partial charge in [-0.25, -0.2) is 5.10 Å². The zero-order valence-corrected chi connectivity index (χ0v) is 8.00. The van der Waals surface area contributed by atoms with Crippen molar-refractivity contribution < 1.29 is 0 Å². The second kappa shape index (κ2) is 4.64. The summed E-state index contributed by atoms with van der Waals surface area (Å²) in [5.41, 5.74) is 0.610. The fourth-order valence-electron chi connectivity index (χ4n) is 1.24. The fraction of sp³-hybridized carbons (Fsp3) is 0.556. The molecule has 1 aromatic heterocycles. The summed E-state index contributed by atoms with van der Waals surface area (Å²) in [6.45, 7) is 4.22. The largest absolute Gasteiger partial charge is 0.381 e. The van der Waals surface area contributed by atoms with E-state index in [2.05, 4.69) is 29.4 Å². The van der Waals surface area contributed by atoms with Crippen LogP contribution in [0.25, 0.3) is 0 Å². The van der Waals surface area contributed by atoms with Gasteiger partial charge in [-0.1, -0.05) is 13.3 Å². The van der Waals surface area contributed by atoms with Gasteiger partial charge in [0.25, 0.3) is 5.56 Å². The maximum Gasteiger partial charge on any atom is 0.266 e. The Morgan fingerprint density at radius 3 is 3.08 bits per heavy atom. The van der Waals surface area contributed by atoms with E-state index in [1.54, 1.807) is 6.20 Å². The second-order valence-electron chi connectivity index (χ2n) is 3.17. The van der Waals surface area contributed by atoms with E-state index in [1.807, 2.05) is 0 Å². The Bertz CT molecular complexity index is 308. The van der Waals surface area contributed by atoms with Crippen LogP contribution in [0.3, 0.4) is 0 Å². The van der Waals surface area contributed by atoms with Crippen LogP contribution in [-0.2, 0) is 0 Å². The summed E-state index contributed by atoms with van der Waals surface area (Å²) in [5.74, 6) is 0. The molecule has 0 spiro atoms. The van der Waals surface area contributed by atoms with E-state index >= 15 is 0 Å². The molecule has 0 aliphatic rings. The van der Waals surface area contributed by atoms with Crippen LogP contribution >= 0.6 is 0 Å². The average Bonchev–Trinajstić information content (AvgIpc) is 2.04. The number of nitrogens with one attached hydrogen (secondary N) is 2. The van der Waals surface area contributed by atoms with Gasteiger partial charge in [0.1, 0.15) is 0 Å². The number of anilines is 1. The summed E-state index contributed by atoms with van der Waals surface area (Å²) in [6, 6.07) is 1.90. The number of aromatic nitrogens is 2. The molecule has 0 bridgehead atoms. The van der Waals surface area contributed by atoms with Crippen molar-refractivity contribution in [3.05, 3.63) is 22.6 Å². The van der Waals surface area contributed by atoms with Gasteiger partial charge in [-0.15, -0.1) is 0 Å². The van der Waals surface area contributed by atoms with Crippen LogP contribution in [0.15, 0.2) is 17.1 Å². The van der Waals surface area contributed by atoms with Gasteiger partial charge in [0, 0.05) is 12.1 Å². The van der Waals surface area contributed by atoms with E-state index < -0.39 is 0 Å². The molecule has 13 heavy (non-hydrogen) atoms. The number of hydrogen-bond donors (Lipinski definition) is 2. The highest BCUT2D eigenvalue weighted by atomic mass is 16.1. The summed E-state index contributed by atoms with van der Waals surface area (Å²) in [5, 5.41) is 9.23. The lowest BCUT2D eigenvalue weighted by Gasteiger charge is -2.12. The van der Waals surface area contributed by atoms with Gasteiger partial charge in [0.15, 0.2) is 0 Å². The van der Waals surface area contributed by atoms with Crippen LogP contribution in [0.4, 0.5) is 5.69 Å². The van der Waals surface area contributed by atoms with Crippen molar-refractivity contribution in [1.82, 2.24) is 10.2 Å². The van der Waals surface area contributed by atoms with Gasteiger partial charge in [-0.2, -0.15) is 5.10 Å². The van der Waals surface area contributed by atoms with Gasteiger partial charge in [0.2, 0.25) is 0 Å². The second-order valence-corrected chi connectivity index (χ2v) is 3.17. The molecule has 1 rings (SSSR count). The van der Waals surface area contributed by atoms with Gasteiger partial charge >= 0.3 is 0 Å². The molecule has 0 aromatic carbocycles. The molecule has 1 atom stereocenters. The number of nitrogens with zero attached hydrogens (tertiary/aromatic N) is 1. The van der Waals surface area contributed by atoms with E-state index in [0.29, 0.717) is 6.04 Å². The van der Waals surface area contributed by atoms with Crippen LogP contribution in [0, 0.1) is 0 Å². The molecule has 0 fully saturated rings. The normalized spacial score (nSPS) is 12.5. The maximum atomic E-state index is 10.9. The third-order valence-electron chi connectivity index (χ3n) is 1.80. The van der Waals surface area contributed by atoms with E-state index in [0.717, 1.165) is 18.5 Å². The smallest absolute Gasteiger partial charge is 0.266 e. The van der Waals surface area contributed by atoms with E-state index in [4.69, 9.17) is 0 Å². The average molecular weight is 181 g/mol. The first-order chi connectivity index (χ1) is 6.22. The highest BCUT2D eigenvalue weighted by Gasteiger charge is 2.00. The van der Waals surface area contributed by atoms with E-state index in [9.17, 15) is 4.79 Å². The number of hydrogen-bond acceptors (Lipinski definition) is 3. The van der Waals surface area contributed by atoms with Crippen LogP contribution in [-0.4, -0.2) is 16.2 Å². The first-order valence-corrected chi connectivity index (χ1v) is 4.53. The summed E-state index contributed by atoms with van der Waals surface area (Å²) < 4.78 is 0. The van der Waals surface area contributed by atoms with Crippen molar-refractivity contribution in [2.24, 2.45) is 0 Å². The molecule has 4 heteroatoms. The molecule has 1 aromatic rings. The fourth-order valence-corrected chi connectivity index (χ4v) is 1.24. The molecule has 4 nitrogen and oxygen atoms in total. The van der Waals surface area contributed by atoms with Crippen LogP contribution in [0.5, 0.6) is 0 Å².